The number of aryl methyl sites for hydroxylation is 2. The van der Waals surface area contributed by atoms with Crippen molar-refractivity contribution < 1.29 is 13.5 Å². The average molecular weight is 400 g/mol. The zero-order chi connectivity index (χ0) is 19.9. The minimum absolute atomic E-state index is 0.104. The number of aromatic nitrogens is 1. The quantitative estimate of drug-likeness (QED) is 0.800. The molecule has 1 aromatic carbocycles. The van der Waals surface area contributed by atoms with Gasteiger partial charge in [-0.2, -0.15) is 4.31 Å². The predicted octanol–water partition coefficient (Wildman–Crippen LogP) is 3.00. The molecule has 1 N–H and O–H groups in total. The van der Waals surface area contributed by atoms with Gasteiger partial charge in [0.25, 0.3) is 0 Å². The summed E-state index contributed by atoms with van der Waals surface area (Å²) in [6.45, 7) is 7.70. The molecule has 148 valence electrons. The number of anilines is 1. The van der Waals surface area contributed by atoms with Crippen LogP contribution < -0.4 is 4.90 Å². The molecule has 0 saturated carbocycles. The molecule has 1 saturated heterocycles. The Kier molecular flexibility index (Phi) is 4.89. The number of benzene rings is 1. The van der Waals surface area contributed by atoms with Gasteiger partial charge in [0.2, 0.25) is 10.0 Å². The van der Waals surface area contributed by atoms with Crippen molar-refractivity contribution in [2.75, 3.05) is 31.1 Å². The van der Waals surface area contributed by atoms with E-state index in [2.05, 4.69) is 16.5 Å². The van der Waals surface area contributed by atoms with Crippen LogP contribution in [0.1, 0.15) is 29.0 Å². The molecule has 7 heteroatoms. The first-order chi connectivity index (χ1) is 13.4. The maximum Gasteiger partial charge on any atom is 0.243 e. The van der Waals surface area contributed by atoms with Crippen LogP contribution in [0.25, 0.3) is 0 Å². The zero-order valence-corrected chi connectivity index (χ0v) is 16.8. The number of hydrogen-bond donors (Lipinski definition) is 1. The van der Waals surface area contributed by atoms with Crippen LogP contribution in [0, 0.1) is 6.92 Å². The number of sulfonamides is 1. The Morgan fingerprint density at radius 1 is 1.18 bits per heavy atom. The Balaban J connectivity index is 1.51. The van der Waals surface area contributed by atoms with Crippen molar-refractivity contribution in [3.05, 3.63) is 65.6 Å². The van der Waals surface area contributed by atoms with Crippen LogP contribution in [0.2, 0.25) is 0 Å². The topological polar surface area (TPSA) is 73.7 Å². The molecule has 2 aliphatic rings. The lowest BCUT2D eigenvalue weighted by Gasteiger charge is -2.34. The summed E-state index contributed by atoms with van der Waals surface area (Å²) in [4.78, 5) is 6.84. The van der Waals surface area contributed by atoms with E-state index in [1.165, 1.54) is 4.31 Å². The third-order valence-corrected chi connectivity index (χ3v) is 7.59. The third-order valence-electron chi connectivity index (χ3n) is 5.69. The SMILES string of the molecule is C=C(O)C1CCc2ccc(S(=O)(=O)N3CCN(c4ccc(C)cn4)CC3)cc21. The molecule has 0 spiro atoms. The lowest BCUT2D eigenvalue weighted by molar-refractivity contribution is 0.369. The van der Waals surface area contributed by atoms with E-state index in [1.807, 2.05) is 31.3 Å². The molecule has 0 amide bonds. The van der Waals surface area contributed by atoms with Gasteiger partial charge in [-0.15, -0.1) is 0 Å². The molecule has 1 aliphatic heterocycles. The van der Waals surface area contributed by atoms with E-state index in [-0.39, 0.29) is 11.7 Å². The molecule has 1 atom stereocenters. The summed E-state index contributed by atoms with van der Waals surface area (Å²) in [5.74, 6) is 0.812. The summed E-state index contributed by atoms with van der Waals surface area (Å²) < 4.78 is 27.9. The fraction of sp³-hybridized carbons (Fsp3) is 0.381. The second-order valence-corrected chi connectivity index (χ2v) is 9.47. The van der Waals surface area contributed by atoms with Crippen LogP contribution in [-0.4, -0.2) is 49.0 Å². The lowest BCUT2D eigenvalue weighted by Crippen LogP contribution is -2.48. The molecule has 0 bridgehead atoms. The Bertz CT molecular complexity index is 994. The van der Waals surface area contributed by atoms with Crippen LogP contribution >= 0.6 is 0 Å². The molecule has 0 radical (unpaired) electrons. The van der Waals surface area contributed by atoms with Crippen LogP contribution in [-0.2, 0) is 16.4 Å². The highest BCUT2D eigenvalue weighted by Crippen LogP contribution is 2.38. The molecule has 28 heavy (non-hydrogen) atoms. The lowest BCUT2D eigenvalue weighted by atomic mass is 10.0. The molecule has 1 unspecified atom stereocenters. The van der Waals surface area contributed by atoms with Gasteiger partial charge in [-0.1, -0.05) is 18.7 Å². The number of fused-ring (bicyclic) bond motifs is 1. The van der Waals surface area contributed by atoms with Crippen molar-refractivity contribution in [3.63, 3.8) is 0 Å². The number of nitrogens with zero attached hydrogens (tertiary/aromatic N) is 3. The fourth-order valence-electron chi connectivity index (χ4n) is 4.04. The number of pyridine rings is 1. The summed E-state index contributed by atoms with van der Waals surface area (Å²) in [5, 5.41) is 9.83. The Labute approximate surface area is 166 Å². The molecular weight excluding hydrogens is 374 g/mol. The van der Waals surface area contributed by atoms with Crippen molar-refractivity contribution in [3.8, 4) is 0 Å². The van der Waals surface area contributed by atoms with Gasteiger partial charge in [0.05, 0.1) is 10.7 Å². The molecule has 1 aliphatic carbocycles. The minimum atomic E-state index is -3.57. The van der Waals surface area contributed by atoms with E-state index in [1.54, 1.807) is 12.1 Å². The van der Waals surface area contributed by atoms with E-state index in [9.17, 15) is 13.5 Å². The number of hydrogen-bond acceptors (Lipinski definition) is 5. The number of rotatable bonds is 4. The Morgan fingerprint density at radius 2 is 1.93 bits per heavy atom. The van der Waals surface area contributed by atoms with Gasteiger partial charge in [0.1, 0.15) is 5.82 Å². The van der Waals surface area contributed by atoms with Gasteiger partial charge in [0, 0.05) is 38.3 Å². The molecule has 6 nitrogen and oxygen atoms in total. The van der Waals surface area contributed by atoms with Crippen LogP contribution in [0.5, 0.6) is 0 Å². The van der Waals surface area contributed by atoms with Crippen LogP contribution in [0.3, 0.4) is 0 Å². The normalized spacial score (nSPS) is 20.2. The minimum Gasteiger partial charge on any atom is -0.512 e. The molecule has 2 heterocycles. The van der Waals surface area contributed by atoms with Crippen molar-refractivity contribution >= 4 is 15.8 Å². The highest BCUT2D eigenvalue weighted by molar-refractivity contribution is 7.89. The summed E-state index contributed by atoms with van der Waals surface area (Å²) in [6.07, 6.45) is 3.44. The summed E-state index contributed by atoms with van der Waals surface area (Å²) in [7, 11) is -3.57. The van der Waals surface area contributed by atoms with E-state index in [0.717, 1.165) is 35.3 Å². The summed E-state index contributed by atoms with van der Waals surface area (Å²) in [5.41, 5.74) is 3.08. The van der Waals surface area contributed by atoms with Crippen molar-refractivity contribution in [2.45, 2.75) is 30.6 Å². The van der Waals surface area contributed by atoms with Gasteiger partial charge >= 0.3 is 0 Å². The first-order valence-corrected chi connectivity index (χ1v) is 11.0. The van der Waals surface area contributed by atoms with Crippen LogP contribution in [0.15, 0.2) is 53.8 Å². The monoisotopic (exact) mass is 399 g/mol. The largest absolute Gasteiger partial charge is 0.512 e. The van der Waals surface area contributed by atoms with E-state index in [0.29, 0.717) is 31.1 Å². The zero-order valence-electron chi connectivity index (χ0n) is 16.0. The first-order valence-electron chi connectivity index (χ1n) is 9.54. The molecular formula is C21H25N3O3S. The standard InChI is InChI=1S/C21H25N3O3S/c1-15-3-8-21(22-14-15)23-9-11-24(12-10-23)28(26,27)18-6-4-17-5-7-19(16(2)25)20(17)13-18/h3-4,6,8,13-14,19,25H,2,5,7,9-12H2,1H3. The predicted molar refractivity (Wildman–Crippen MR) is 109 cm³/mol. The van der Waals surface area contributed by atoms with Crippen molar-refractivity contribution in [1.29, 1.82) is 0 Å². The summed E-state index contributed by atoms with van der Waals surface area (Å²) in [6, 6.07) is 9.27. The smallest absolute Gasteiger partial charge is 0.243 e. The first kappa shape index (κ1) is 19.0. The fourth-order valence-corrected chi connectivity index (χ4v) is 5.50. The van der Waals surface area contributed by atoms with Gasteiger partial charge in [-0.3, -0.25) is 0 Å². The van der Waals surface area contributed by atoms with E-state index >= 15 is 0 Å². The molecule has 4 rings (SSSR count). The Hall–Kier alpha value is -2.38. The summed E-state index contributed by atoms with van der Waals surface area (Å²) >= 11 is 0. The third kappa shape index (κ3) is 3.40. The number of aliphatic hydroxyl groups is 1. The number of piperazine rings is 1. The van der Waals surface area contributed by atoms with Gasteiger partial charge in [0.15, 0.2) is 0 Å². The van der Waals surface area contributed by atoms with E-state index < -0.39 is 10.0 Å². The maximum absolute atomic E-state index is 13.2. The van der Waals surface area contributed by atoms with Gasteiger partial charge in [-0.25, -0.2) is 13.4 Å². The number of allylic oxidation sites excluding steroid dienone is 1. The van der Waals surface area contributed by atoms with Gasteiger partial charge < -0.3 is 10.0 Å². The van der Waals surface area contributed by atoms with E-state index in [4.69, 9.17) is 0 Å². The molecule has 1 aromatic heterocycles. The Morgan fingerprint density at radius 3 is 2.57 bits per heavy atom. The maximum atomic E-state index is 13.2. The van der Waals surface area contributed by atoms with Gasteiger partial charge in [-0.05, 0) is 54.7 Å². The second-order valence-electron chi connectivity index (χ2n) is 7.53. The molecule has 2 aromatic rings. The van der Waals surface area contributed by atoms with Crippen molar-refractivity contribution in [1.82, 2.24) is 9.29 Å². The highest BCUT2D eigenvalue weighted by atomic mass is 32.2. The number of aliphatic hydroxyl groups excluding tert-OH is 1. The highest BCUT2D eigenvalue weighted by Gasteiger charge is 2.31. The van der Waals surface area contributed by atoms with Crippen LogP contribution in [0.4, 0.5) is 5.82 Å². The van der Waals surface area contributed by atoms with Crippen molar-refractivity contribution in [2.24, 2.45) is 0 Å². The average Bonchev–Trinajstić information content (AvgIpc) is 3.12. The second kappa shape index (κ2) is 7.22. The molecule has 1 fully saturated rings.